The second-order valence-electron chi connectivity index (χ2n) is 6.21. The Morgan fingerprint density at radius 1 is 1.30 bits per heavy atom. The molecule has 0 spiro atoms. The van der Waals surface area contributed by atoms with E-state index < -0.39 is 0 Å². The quantitative estimate of drug-likeness (QED) is 0.824. The topological polar surface area (TPSA) is 21.7 Å². The molecule has 0 saturated carbocycles. The first-order valence-electron chi connectivity index (χ1n) is 7.71. The Morgan fingerprint density at radius 3 is 2.80 bits per heavy atom. The van der Waals surface area contributed by atoms with Crippen LogP contribution in [-0.2, 0) is 24.1 Å². The summed E-state index contributed by atoms with van der Waals surface area (Å²) >= 11 is 0. The van der Waals surface area contributed by atoms with Gasteiger partial charge >= 0.3 is 0 Å². The van der Waals surface area contributed by atoms with E-state index in [2.05, 4.69) is 24.1 Å². The second kappa shape index (κ2) is 6.15. The highest BCUT2D eigenvalue weighted by atomic mass is 16.5. The molecule has 3 heteroatoms. The maximum atomic E-state index is 5.59. The van der Waals surface area contributed by atoms with Crippen LogP contribution in [0.1, 0.15) is 29.5 Å². The van der Waals surface area contributed by atoms with Gasteiger partial charge in [0.15, 0.2) is 0 Å². The van der Waals surface area contributed by atoms with E-state index in [9.17, 15) is 0 Å². The van der Waals surface area contributed by atoms with E-state index in [1.54, 1.807) is 7.11 Å². The van der Waals surface area contributed by atoms with Gasteiger partial charge in [0.1, 0.15) is 5.75 Å². The monoisotopic (exact) mass is 275 g/mol. The lowest BCUT2D eigenvalue weighted by atomic mass is 10.0. The molecular weight excluding hydrogens is 250 g/mol. The smallest absolute Gasteiger partial charge is 0.123 e. The Bertz CT molecular complexity index is 466. The average Bonchev–Trinajstić information content (AvgIpc) is 3.08. The van der Waals surface area contributed by atoms with Gasteiger partial charge in [-0.15, -0.1) is 0 Å². The molecule has 0 radical (unpaired) electrons. The fourth-order valence-corrected chi connectivity index (χ4v) is 3.49. The van der Waals surface area contributed by atoms with Crippen molar-refractivity contribution in [2.45, 2.75) is 32.2 Å². The van der Waals surface area contributed by atoms with E-state index in [1.807, 2.05) is 0 Å². The van der Waals surface area contributed by atoms with E-state index in [4.69, 9.17) is 9.47 Å². The first kappa shape index (κ1) is 13.9. The Balaban J connectivity index is 1.69. The molecule has 1 fully saturated rings. The molecule has 0 amide bonds. The van der Waals surface area contributed by atoms with E-state index in [-0.39, 0.29) is 0 Å². The van der Waals surface area contributed by atoms with Crippen LogP contribution in [0, 0.1) is 5.92 Å². The Hall–Kier alpha value is -1.06. The number of methoxy groups -OCH3 is 1. The molecule has 0 bridgehead atoms. The summed E-state index contributed by atoms with van der Waals surface area (Å²) in [5, 5.41) is 0. The highest BCUT2D eigenvalue weighted by Crippen LogP contribution is 2.30. The number of hydrogen-bond donors (Lipinski definition) is 0. The van der Waals surface area contributed by atoms with Gasteiger partial charge in [-0.2, -0.15) is 0 Å². The van der Waals surface area contributed by atoms with E-state index in [0.29, 0.717) is 5.92 Å². The van der Waals surface area contributed by atoms with Crippen molar-refractivity contribution in [2.24, 2.45) is 5.92 Å². The molecule has 1 aliphatic carbocycles. The fraction of sp³-hybridized carbons (Fsp3) is 0.647. The SMILES string of the molecule is COc1cc2c(cc1CN(C)CC1CCOC1)CCC2. The number of nitrogens with zero attached hydrogens (tertiary/aromatic N) is 1. The summed E-state index contributed by atoms with van der Waals surface area (Å²) in [6, 6.07) is 4.62. The standard InChI is InChI=1S/C17H25NO2/c1-18(10-13-6-7-20-12-13)11-16-8-14-4-3-5-15(14)9-17(16)19-2/h8-9,13H,3-7,10-12H2,1-2H3. The van der Waals surface area contributed by atoms with Crippen LogP contribution in [0.15, 0.2) is 12.1 Å². The fourth-order valence-electron chi connectivity index (χ4n) is 3.49. The third-order valence-electron chi connectivity index (χ3n) is 4.53. The molecule has 1 heterocycles. The van der Waals surface area contributed by atoms with E-state index in [0.717, 1.165) is 32.1 Å². The zero-order valence-corrected chi connectivity index (χ0v) is 12.7. The zero-order valence-electron chi connectivity index (χ0n) is 12.7. The number of benzene rings is 1. The lowest BCUT2D eigenvalue weighted by molar-refractivity contribution is 0.172. The van der Waals surface area contributed by atoms with Crippen LogP contribution < -0.4 is 4.74 Å². The molecule has 20 heavy (non-hydrogen) atoms. The summed E-state index contributed by atoms with van der Waals surface area (Å²) in [5.41, 5.74) is 4.34. The average molecular weight is 275 g/mol. The maximum absolute atomic E-state index is 5.59. The molecule has 1 atom stereocenters. The number of aryl methyl sites for hydroxylation is 2. The Morgan fingerprint density at radius 2 is 2.10 bits per heavy atom. The maximum Gasteiger partial charge on any atom is 0.123 e. The number of hydrogen-bond acceptors (Lipinski definition) is 3. The third-order valence-corrected chi connectivity index (χ3v) is 4.53. The van der Waals surface area contributed by atoms with Gasteiger partial charge in [-0.25, -0.2) is 0 Å². The summed E-state index contributed by atoms with van der Waals surface area (Å²) in [7, 11) is 3.98. The van der Waals surface area contributed by atoms with Gasteiger partial charge in [-0.3, -0.25) is 0 Å². The molecule has 110 valence electrons. The molecule has 1 aromatic rings. The van der Waals surface area contributed by atoms with Crippen LogP contribution >= 0.6 is 0 Å². The Kier molecular flexibility index (Phi) is 4.27. The van der Waals surface area contributed by atoms with Crippen LogP contribution in [0.3, 0.4) is 0 Å². The van der Waals surface area contributed by atoms with E-state index >= 15 is 0 Å². The second-order valence-corrected chi connectivity index (χ2v) is 6.21. The molecule has 1 aliphatic heterocycles. The summed E-state index contributed by atoms with van der Waals surface area (Å²) in [5.74, 6) is 1.75. The van der Waals surface area contributed by atoms with Gasteiger partial charge in [0.05, 0.1) is 13.7 Å². The Labute approximate surface area is 121 Å². The lowest BCUT2D eigenvalue weighted by Gasteiger charge is -2.22. The normalized spacial score (nSPS) is 21.4. The predicted octanol–water partition coefficient (Wildman–Crippen LogP) is 2.65. The van der Waals surface area contributed by atoms with E-state index in [1.165, 1.54) is 42.4 Å². The largest absolute Gasteiger partial charge is 0.496 e. The molecule has 1 saturated heterocycles. The minimum absolute atomic E-state index is 0.695. The minimum Gasteiger partial charge on any atom is -0.496 e. The van der Waals surface area contributed by atoms with Gasteiger partial charge in [-0.05, 0) is 55.8 Å². The summed E-state index contributed by atoms with van der Waals surface area (Å²) in [6.45, 7) is 3.93. The lowest BCUT2D eigenvalue weighted by Crippen LogP contribution is -2.25. The summed E-state index contributed by atoms with van der Waals surface area (Å²) < 4.78 is 11.1. The van der Waals surface area contributed by atoms with Crippen LogP contribution in [0.5, 0.6) is 5.75 Å². The van der Waals surface area contributed by atoms with Gasteiger partial charge in [0, 0.05) is 25.3 Å². The third kappa shape index (κ3) is 2.99. The first-order valence-corrected chi connectivity index (χ1v) is 7.71. The molecular formula is C17H25NO2. The van der Waals surface area contributed by atoms with Crippen molar-refractivity contribution in [1.82, 2.24) is 4.90 Å². The van der Waals surface area contributed by atoms with Crippen molar-refractivity contribution in [1.29, 1.82) is 0 Å². The summed E-state index contributed by atoms with van der Waals surface area (Å²) in [4.78, 5) is 2.40. The molecule has 2 aliphatic rings. The molecule has 3 nitrogen and oxygen atoms in total. The van der Waals surface area contributed by atoms with Crippen LogP contribution in [0.2, 0.25) is 0 Å². The minimum atomic E-state index is 0.695. The highest BCUT2D eigenvalue weighted by molar-refractivity contribution is 5.44. The number of fused-ring (bicyclic) bond motifs is 1. The van der Waals surface area contributed by atoms with Crippen molar-refractivity contribution in [3.05, 3.63) is 28.8 Å². The van der Waals surface area contributed by atoms with Crippen molar-refractivity contribution >= 4 is 0 Å². The molecule has 0 N–H and O–H groups in total. The highest BCUT2D eigenvalue weighted by Gasteiger charge is 2.19. The van der Waals surface area contributed by atoms with Crippen LogP contribution in [0.25, 0.3) is 0 Å². The summed E-state index contributed by atoms with van der Waals surface area (Å²) in [6.07, 6.45) is 4.93. The predicted molar refractivity (Wildman–Crippen MR) is 80.3 cm³/mol. The zero-order chi connectivity index (χ0) is 13.9. The van der Waals surface area contributed by atoms with Crippen molar-refractivity contribution < 1.29 is 9.47 Å². The first-order chi connectivity index (χ1) is 9.76. The molecule has 1 aromatic carbocycles. The van der Waals surface area contributed by atoms with Crippen molar-refractivity contribution in [3.8, 4) is 5.75 Å². The molecule has 0 aromatic heterocycles. The molecule has 3 rings (SSSR count). The van der Waals surface area contributed by atoms with Gasteiger partial charge in [0.25, 0.3) is 0 Å². The molecule has 1 unspecified atom stereocenters. The number of rotatable bonds is 5. The van der Waals surface area contributed by atoms with Gasteiger partial charge < -0.3 is 14.4 Å². The van der Waals surface area contributed by atoms with Gasteiger partial charge in [0.2, 0.25) is 0 Å². The van der Waals surface area contributed by atoms with Crippen molar-refractivity contribution in [2.75, 3.05) is 33.9 Å². The van der Waals surface area contributed by atoms with Crippen LogP contribution in [0.4, 0.5) is 0 Å². The van der Waals surface area contributed by atoms with Crippen LogP contribution in [-0.4, -0.2) is 38.8 Å². The van der Waals surface area contributed by atoms with Gasteiger partial charge in [-0.1, -0.05) is 6.07 Å². The number of ether oxygens (including phenoxy) is 2. The van der Waals surface area contributed by atoms with Crippen molar-refractivity contribution in [3.63, 3.8) is 0 Å².